The average molecular weight is 437 g/mol. The number of fused-ring (bicyclic) bond motifs is 3. The Morgan fingerprint density at radius 3 is 2.19 bits per heavy atom. The molecular formula is C25H28N2O5. The van der Waals surface area contributed by atoms with Crippen LogP contribution in [-0.2, 0) is 14.3 Å². The predicted molar refractivity (Wildman–Crippen MR) is 119 cm³/mol. The van der Waals surface area contributed by atoms with Crippen molar-refractivity contribution in [2.75, 3.05) is 13.2 Å². The van der Waals surface area contributed by atoms with Gasteiger partial charge in [-0.2, -0.15) is 0 Å². The lowest BCUT2D eigenvalue weighted by molar-refractivity contribution is -0.140. The number of alkyl carbamates (subject to hydrolysis) is 1. The van der Waals surface area contributed by atoms with Crippen molar-refractivity contribution in [2.45, 2.75) is 44.6 Å². The highest BCUT2D eigenvalue weighted by Gasteiger charge is 2.34. The molecule has 3 N–H and O–H groups in total. The number of amides is 2. The van der Waals surface area contributed by atoms with E-state index in [0.717, 1.165) is 41.5 Å². The van der Waals surface area contributed by atoms with Crippen molar-refractivity contribution in [3.05, 3.63) is 59.7 Å². The van der Waals surface area contributed by atoms with Gasteiger partial charge in [-0.3, -0.25) is 9.59 Å². The maximum absolute atomic E-state index is 12.5. The lowest BCUT2D eigenvalue weighted by Crippen LogP contribution is -2.51. The Morgan fingerprint density at radius 2 is 1.66 bits per heavy atom. The summed E-state index contributed by atoms with van der Waals surface area (Å²) in [6, 6.07) is 14.8. The topological polar surface area (TPSA) is 105 Å². The number of aliphatic carboxylic acids is 1. The van der Waals surface area contributed by atoms with Crippen LogP contribution in [-0.4, -0.2) is 42.3 Å². The Kier molecular flexibility index (Phi) is 6.17. The van der Waals surface area contributed by atoms with Crippen LogP contribution < -0.4 is 10.6 Å². The fourth-order valence-corrected chi connectivity index (χ4v) is 4.55. The first-order valence-electron chi connectivity index (χ1n) is 11.0. The van der Waals surface area contributed by atoms with E-state index in [1.165, 1.54) is 0 Å². The number of carboxylic acids is 1. The van der Waals surface area contributed by atoms with Gasteiger partial charge in [0, 0.05) is 12.5 Å². The number of hydrogen-bond acceptors (Lipinski definition) is 4. The van der Waals surface area contributed by atoms with Crippen LogP contribution in [0.25, 0.3) is 11.1 Å². The molecule has 2 amide bonds. The molecule has 2 aliphatic rings. The van der Waals surface area contributed by atoms with Gasteiger partial charge in [-0.05, 0) is 40.5 Å². The number of carbonyl (C=O) groups excluding carboxylic acids is 2. The van der Waals surface area contributed by atoms with E-state index in [1.807, 2.05) is 48.5 Å². The Bertz CT molecular complexity index is 985. The first-order valence-corrected chi connectivity index (χ1v) is 11.0. The summed E-state index contributed by atoms with van der Waals surface area (Å²) in [4.78, 5) is 36.3. The molecule has 0 spiro atoms. The standard InChI is InChI=1S/C25H28N2O5/c1-25(11-6-12-25)15-26-23(30)21(13-22(28)29)27-24(31)32-14-20-18-9-4-2-7-16(18)17-8-3-5-10-19(17)20/h2-5,7-10,20-21H,6,11-15H2,1H3,(H,26,30)(H,27,31)(H,28,29). The molecule has 1 unspecified atom stereocenters. The van der Waals surface area contributed by atoms with E-state index >= 15 is 0 Å². The second-order valence-corrected chi connectivity index (χ2v) is 9.00. The van der Waals surface area contributed by atoms with Gasteiger partial charge in [0.05, 0.1) is 6.42 Å². The molecule has 32 heavy (non-hydrogen) atoms. The minimum atomic E-state index is -1.19. The minimum Gasteiger partial charge on any atom is -0.481 e. The van der Waals surface area contributed by atoms with Gasteiger partial charge >= 0.3 is 12.1 Å². The molecule has 1 fully saturated rings. The molecule has 2 aromatic rings. The summed E-state index contributed by atoms with van der Waals surface area (Å²) >= 11 is 0. The third-order valence-corrected chi connectivity index (χ3v) is 6.58. The highest BCUT2D eigenvalue weighted by atomic mass is 16.5. The molecule has 4 rings (SSSR count). The first-order chi connectivity index (χ1) is 15.4. The number of rotatable bonds is 8. The van der Waals surface area contributed by atoms with E-state index in [-0.39, 0.29) is 17.9 Å². The smallest absolute Gasteiger partial charge is 0.407 e. The van der Waals surface area contributed by atoms with E-state index in [4.69, 9.17) is 4.74 Å². The molecular weight excluding hydrogens is 408 g/mol. The Labute approximate surface area is 187 Å². The highest BCUT2D eigenvalue weighted by Crippen LogP contribution is 2.44. The Morgan fingerprint density at radius 1 is 1.06 bits per heavy atom. The largest absolute Gasteiger partial charge is 0.481 e. The van der Waals surface area contributed by atoms with E-state index < -0.39 is 30.4 Å². The fraction of sp³-hybridized carbons (Fsp3) is 0.400. The van der Waals surface area contributed by atoms with Crippen molar-refractivity contribution in [3.8, 4) is 11.1 Å². The molecule has 7 nitrogen and oxygen atoms in total. The molecule has 0 heterocycles. The van der Waals surface area contributed by atoms with E-state index in [2.05, 4.69) is 17.6 Å². The summed E-state index contributed by atoms with van der Waals surface area (Å²) < 4.78 is 5.46. The number of carboxylic acid groups (broad SMARTS) is 1. The fourth-order valence-electron chi connectivity index (χ4n) is 4.55. The van der Waals surface area contributed by atoms with Gasteiger partial charge in [0.15, 0.2) is 0 Å². The summed E-state index contributed by atoms with van der Waals surface area (Å²) in [6.45, 7) is 2.65. The molecule has 0 aliphatic heterocycles. The third kappa shape index (κ3) is 4.61. The van der Waals surface area contributed by atoms with Gasteiger partial charge in [0.2, 0.25) is 5.91 Å². The highest BCUT2D eigenvalue weighted by molar-refractivity contribution is 5.89. The predicted octanol–water partition coefficient (Wildman–Crippen LogP) is 3.67. The second kappa shape index (κ2) is 9.02. The summed E-state index contributed by atoms with van der Waals surface area (Å²) in [5, 5.41) is 14.4. The van der Waals surface area contributed by atoms with Gasteiger partial charge in [-0.1, -0.05) is 61.9 Å². The summed E-state index contributed by atoms with van der Waals surface area (Å²) in [5.74, 6) is -1.79. The zero-order valence-corrected chi connectivity index (χ0v) is 18.1. The van der Waals surface area contributed by atoms with Gasteiger partial charge < -0.3 is 20.5 Å². The van der Waals surface area contributed by atoms with E-state index in [0.29, 0.717) is 6.54 Å². The summed E-state index contributed by atoms with van der Waals surface area (Å²) in [5.41, 5.74) is 4.44. The van der Waals surface area contributed by atoms with Crippen LogP contribution in [0.5, 0.6) is 0 Å². The molecule has 2 aromatic carbocycles. The molecule has 1 saturated carbocycles. The van der Waals surface area contributed by atoms with Crippen molar-refractivity contribution in [1.82, 2.24) is 10.6 Å². The van der Waals surface area contributed by atoms with Crippen molar-refractivity contribution >= 4 is 18.0 Å². The summed E-state index contributed by atoms with van der Waals surface area (Å²) in [7, 11) is 0. The molecule has 0 saturated heterocycles. The van der Waals surface area contributed by atoms with Crippen LogP contribution in [0, 0.1) is 5.41 Å². The second-order valence-electron chi connectivity index (χ2n) is 9.00. The van der Waals surface area contributed by atoms with E-state index in [1.54, 1.807) is 0 Å². The number of ether oxygens (including phenoxy) is 1. The number of nitrogens with one attached hydrogen (secondary N) is 2. The van der Waals surface area contributed by atoms with Gasteiger partial charge in [-0.15, -0.1) is 0 Å². The monoisotopic (exact) mass is 436 g/mol. The third-order valence-electron chi connectivity index (χ3n) is 6.58. The van der Waals surface area contributed by atoms with E-state index in [9.17, 15) is 19.5 Å². The zero-order chi connectivity index (χ0) is 22.7. The molecule has 0 bridgehead atoms. The lowest BCUT2D eigenvalue weighted by atomic mass is 9.70. The Balaban J connectivity index is 1.38. The number of hydrogen-bond donors (Lipinski definition) is 3. The van der Waals surface area contributed by atoms with Gasteiger partial charge in [-0.25, -0.2) is 4.79 Å². The van der Waals surface area contributed by atoms with Crippen molar-refractivity contribution in [1.29, 1.82) is 0 Å². The maximum atomic E-state index is 12.5. The lowest BCUT2D eigenvalue weighted by Gasteiger charge is -2.38. The molecule has 168 valence electrons. The van der Waals surface area contributed by atoms with Gasteiger partial charge in [0.1, 0.15) is 12.6 Å². The first kappa shape index (κ1) is 21.9. The SMILES string of the molecule is CC1(CNC(=O)C(CC(=O)O)NC(=O)OCC2c3ccccc3-c3ccccc32)CCC1. The van der Waals surface area contributed by atoms with Crippen LogP contribution in [0.3, 0.4) is 0 Å². The zero-order valence-electron chi connectivity index (χ0n) is 18.1. The van der Waals surface area contributed by atoms with Crippen molar-refractivity contribution in [2.24, 2.45) is 5.41 Å². The van der Waals surface area contributed by atoms with Crippen LogP contribution in [0.2, 0.25) is 0 Å². The van der Waals surface area contributed by atoms with Crippen LogP contribution in [0.15, 0.2) is 48.5 Å². The van der Waals surface area contributed by atoms with Crippen molar-refractivity contribution in [3.63, 3.8) is 0 Å². The normalized spacial score (nSPS) is 16.8. The molecule has 1 atom stereocenters. The average Bonchev–Trinajstić information content (AvgIpc) is 3.08. The van der Waals surface area contributed by atoms with Crippen LogP contribution >= 0.6 is 0 Å². The van der Waals surface area contributed by atoms with Crippen LogP contribution in [0.4, 0.5) is 4.79 Å². The minimum absolute atomic E-state index is 0.0488. The Hall–Kier alpha value is -3.35. The molecule has 2 aliphatic carbocycles. The quantitative estimate of drug-likeness (QED) is 0.586. The maximum Gasteiger partial charge on any atom is 0.407 e. The number of carbonyl (C=O) groups is 3. The van der Waals surface area contributed by atoms with Crippen LogP contribution in [0.1, 0.15) is 49.7 Å². The summed E-state index contributed by atoms with van der Waals surface area (Å²) in [6.07, 6.45) is 1.87. The van der Waals surface area contributed by atoms with Crippen molar-refractivity contribution < 1.29 is 24.2 Å². The molecule has 0 aromatic heterocycles. The molecule has 7 heteroatoms. The molecule has 0 radical (unpaired) electrons. The number of benzene rings is 2. The van der Waals surface area contributed by atoms with Gasteiger partial charge in [0.25, 0.3) is 0 Å².